The normalized spacial score (nSPS) is 49.7. The van der Waals surface area contributed by atoms with Crippen LogP contribution in [-0.2, 0) is 14.3 Å². The minimum Gasteiger partial charge on any atom is -0.462 e. The van der Waals surface area contributed by atoms with Crippen LogP contribution in [0.5, 0.6) is 0 Å². The van der Waals surface area contributed by atoms with Crippen LogP contribution in [0.4, 0.5) is 0 Å². The van der Waals surface area contributed by atoms with Gasteiger partial charge in [0, 0.05) is 29.6 Å². The Morgan fingerprint density at radius 1 is 1.33 bits per heavy atom. The second-order valence-corrected chi connectivity index (χ2v) is 9.92. The Hall–Kier alpha value is -1.16. The minimum atomic E-state index is -0.607. The Kier molecular flexibility index (Phi) is 5.12. The second kappa shape index (κ2) is 6.72. The molecule has 0 aliphatic heterocycles. The molecule has 2 bridgehead atoms. The van der Waals surface area contributed by atoms with Crippen LogP contribution in [0.2, 0.25) is 0 Å². The number of ether oxygens (including phenoxy) is 1. The maximum atomic E-state index is 13.2. The maximum Gasteiger partial charge on any atom is 0.305 e. The molecule has 0 unspecified atom stereocenters. The molecule has 0 aromatic carbocycles. The first-order chi connectivity index (χ1) is 12.6. The summed E-state index contributed by atoms with van der Waals surface area (Å²) in [6.07, 6.45) is 5.02. The predicted molar refractivity (Wildman–Crippen MR) is 105 cm³/mol. The third kappa shape index (κ3) is 2.73. The smallest absolute Gasteiger partial charge is 0.305 e. The Morgan fingerprint density at radius 3 is 2.59 bits per heavy atom. The molecule has 0 amide bonds. The molecule has 0 aromatic heterocycles. The highest BCUT2D eigenvalue weighted by Gasteiger charge is 2.68. The van der Waals surface area contributed by atoms with Crippen molar-refractivity contribution in [2.75, 3.05) is 0 Å². The molecule has 0 spiro atoms. The number of Topliss-reactive ketones (excluding diaryl/α,β-unsaturated/α-hetero) is 1. The Labute approximate surface area is 163 Å². The molecule has 0 heterocycles. The molecule has 4 heteroatoms. The van der Waals surface area contributed by atoms with Crippen LogP contribution in [0.1, 0.15) is 73.1 Å². The summed E-state index contributed by atoms with van der Waals surface area (Å²) in [5.74, 6) is 0.199. The van der Waals surface area contributed by atoms with Gasteiger partial charge in [-0.3, -0.25) is 9.59 Å². The highest BCUT2D eigenvalue weighted by Crippen LogP contribution is 2.67. The fraction of sp³-hybridized carbons (Fsp3) is 0.826. The lowest BCUT2D eigenvalue weighted by atomic mass is 9.44. The van der Waals surface area contributed by atoms with Crippen molar-refractivity contribution in [2.24, 2.45) is 34.0 Å². The zero-order valence-corrected chi connectivity index (χ0v) is 17.6. The third-order valence-electron chi connectivity index (χ3n) is 8.86. The number of aliphatic hydroxyl groups is 1. The molecule has 4 nitrogen and oxygen atoms in total. The highest BCUT2D eigenvalue weighted by molar-refractivity contribution is 5.85. The van der Waals surface area contributed by atoms with Gasteiger partial charge in [0.15, 0.2) is 0 Å². The topological polar surface area (TPSA) is 63.6 Å². The monoisotopic (exact) mass is 376 g/mol. The van der Waals surface area contributed by atoms with Gasteiger partial charge in [0.1, 0.15) is 11.9 Å². The first kappa shape index (κ1) is 20.6. The van der Waals surface area contributed by atoms with E-state index >= 15 is 0 Å². The number of hydrogen-bond acceptors (Lipinski definition) is 4. The van der Waals surface area contributed by atoms with Crippen molar-refractivity contribution in [1.82, 2.24) is 0 Å². The molecular weight excluding hydrogens is 340 g/mol. The fourth-order valence-corrected chi connectivity index (χ4v) is 6.74. The first-order valence-corrected chi connectivity index (χ1v) is 10.6. The third-order valence-corrected chi connectivity index (χ3v) is 8.86. The molecule has 0 radical (unpaired) electrons. The van der Waals surface area contributed by atoms with E-state index in [2.05, 4.69) is 27.4 Å². The zero-order chi connectivity index (χ0) is 20.2. The number of esters is 1. The van der Waals surface area contributed by atoms with Gasteiger partial charge in [0.25, 0.3) is 0 Å². The van der Waals surface area contributed by atoms with Gasteiger partial charge in [-0.2, -0.15) is 0 Å². The van der Waals surface area contributed by atoms with E-state index in [0.717, 1.165) is 19.3 Å². The summed E-state index contributed by atoms with van der Waals surface area (Å²) in [4.78, 5) is 25.5. The largest absolute Gasteiger partial charge is 0.462 e. The van der Waals surface area contributed by atoms with Crippen molar-refractivity contribution in [3.05, 3.63) is 12.7 Å². The van der Waals surface area contributed by atoms with Crippen molar-refractivity contribution < 1.29 is 19.4 Å². The quantitative estimate of drug-likeness (QED) is 0.589. The first-order valence-electron chi connectivity index (χ1n) is 10.6. The van der Waals surface area contributed by atoms with Gasteiger partial charge >= 0.3 is 5.97 Å². The SMILES string of the molecule is C=C[C@@]1(C)C[C@@H](OC(=O)CC)[C@]2(C)[C@H](C)CC[C@]3(CCC(=O)[C@H]32)[C@@H](C)[C@@H]1O. The van der Waals surface area contributed by atoms with Crippen LogP contribution in [0.15, 0.2) is 12.7 Å². The number of hydrogen-bond donors (Lipinski definition) is 1. The van der Waals surface area contributed by atoms with Crippen LogP contribution in [0, 0.1) is 34.0 Å². The van der Waals surface area contributed by atoms with Gasteiger partial charge in [-0.1, -0.05) is 40.7 Å². The molecule has 3 saturated carbocycles. The van der Waals surface area contributed by atoms with Crippen LogP contribution in [0.3, 0.4) is 0 Å². The van der Waals surface area contributed by atoms with E-state index < -0.39 is 23.0 Å². The molecule has 3 aliphatic carbocycles. The number of rotatable bonds is 3. The number of carbonyl (C=O) groups is 2. The lowest BCUT2D eigenvalue weighted by molar-refractivity contribution is -0.206. The van der Waals surface area contributed by atoms with Crippen LogP contribution < -0.4 is 0 Å². The lowest BCUT2D eigenvalue weighted by Crippen LogP contribution is -2.63. The van der Waals surface area contributed by atoms with Crippen molar-refractivity contribution in [2.45, 2.75) is 85.4 Å². The summed E-state index contributed by atoms with van der Waals surface area (Å²) < 4.78 is 6.02. The van der Waals surface area contributed by atoms with E-state index in [1.807, 2.05) is 13.0 Å². The summed E-state index contributed by atoms with van der Waals surface area (Å²) in [7, 11) is 0. The van der Waals surface area contributed by atoms with E-state index in [-0.39, 0.29) is 29.1 Å². The number of ketones is 1. The van der Waals surface area contributed by atoms with E-state index in [0.29, 0.717) is 25.0 Å². The highest BCUT2D eigenvalue weighted by atomic mass is 16.5. The lowest BCUT2D eigenvalue weighted by Gasteiger charge is -2.61. The standard InChI is InChI=1S/C23H36O4/c1-7-18(25)27-17-13-21(5,8-2)20(26)15(4)23-11-9-14(3)22(17,6)19(23)16(24)10-12-23/h8,14-15,17,19-20,26H,2,7,9-13H2,1,3-6H3/t14-,15+,17-,19+,20+,21+,22+,23+/m1/s1. The van der Waals surface area contributed by atoms with Crippen molar-refractivity contribution in [3.8, 4) is 0 Å². The van der Waals surface area contributed by atoms with Crippen LogP contribution in [-0.4, -0.2) is 29.1 Å². The molecule has 152 valence electrons. The maximum absolute atomic E-state index is 13.2. The number of aliphatic hydroxyl groups excluding tert-OH is 1. The fourth-order valence-electron chi connectivity index (χ4n) is 6.74. The Morgan fingerprint density at radius 2 is 2.00 bits per heavy atom. The molecule has 27 heavy (non-hydrogen) atoms. The van der Waals surface area contributed by atoms with Gasteiger partial charge in [-0.25, -0.2) is 0 Å². The van der Waals surface area contributed by atoms with E-state index in [9.17, 15) is 14.7 Å². The van der Waals surface area contributed by atoms with Gasteiger partial charge in [0.05, 0.1) is 6.10 Å². The summed E-state index contributed by atoms with van der Waals surface area (Å²) in [6.45, 7) is 14.3. The zero-order valence-electron chi connectivity index (χ0n) is 17.6. The molecule has 3 rings (SSSR count). The van der Waals surface area contributed by atoms with Crippen LogP contribution in [0.25, 0.3) is 0 Å². The number of carbonyl (C=O) groups excluding carboxylic acids is 2. The Bertz CT molecular complexity index is 642. The molecule has 0 saturated heterocycles. The molecule has 1 N–H and O–H groups in total. The van der Waals surface area contributed by atoms with Gasteiger partial charge in [-0.15, -0.1) is 6.58 Å². The Balaban J connectivity index is 2.21. The summed E-state index contributed by atoms with van der Waals surface area (Å²) in [5, 5.41) is 11.4. The molecule has 0 aromatic rings. The van der Waals surface area contributed by atoms with Crippen LogP contribution >= 0.6 is 0 Å². The predicted octanol–water partition coefficient (Wildman–Crippen LogP) is 4.30. The molecule has 8 atom stereocenters. The summed E-state index contributed by atoms with van der Waals surface area (Å²) in [5.41, 5.74) is -1.17. The summed E-state index contributed by atoms with van der Waals surface area (Å²) >= 11 is 0. The molecule has 3 aliphatic rings. The minimum absolute atomic E-state index is 0.00611. The average Bonchev–Trinajstić information content (AvgIpc) is 3.00. The van der Waals surface area contributed by atoms with E-state index in [1.165, 1.54) is 0 Å². The van der Waals surface area contributed by atoms with Crippen molar-refractivity contribution in [3.63, 3.8) is 0 Å². The van der Waals surface area contributed by atoms with E-state index in [4.69, 9.17) is 4.74 Å². The van der Waals surface area contributed by atoms with E-state index in [1.54, 1.807) is 6.92 Å². The van der Waals surface area contributed by atoms with Crippen molar-refractivity contribution >= 4 is 11.8 Å². The molecular formula is C23H36O4. The summed E-state index contributed by atoms with van der Waals surface area (Å²) in [6, 6.07) is 0. The van der Waals surface area contributed by atoms with Gasteiger partial charge < -0.3 is 9.84 Å². The van der Waals surface area contributed by atoms with Gasteiger partial charge in [-0.05, 0) is 42.9 Å². The molecule has 3 fully saturated rings. The second-order valence-electron chi connectivity index (χ2n) is 9.92. The average molecular weight is 377 g/mol. The van der Waals surface area contributed by atoms with Gasteiger partial charge in [0.2, 0.25) is 0 Å². The van der Waals surface area contributed by atoms with Crippen molar-refractivity contribution in [1.29, 1.82) is 0 Å².